The molecule has 9 rings (SSSR count). The van der Waals surface area contributed by atoms with Crippen molar-refractivity contribution >= 4 is 11.0 Å². The Morgan fingerprint density at radius 3 is 2.05 bits per heavy atom. The highest BCUT2D eigenvalue weighted by Gasteiger charge is 2.37. The van der Waals surface area contributed by atoms with Crippen molar-refractivity contribution in [3.8, 4) is 62.3 Å². The summed E-state index contributed by atoms with van der Waals surface area (Å²) in [5.41, 5.74) is 11.2. The maximum Gasteiger partial charge on any atom is 0.170 e. The van der Waals surface area contributed by atoms with Gasteiger partial charge in [0.05, 0.1) is 11.0 Å². The summed E-state index contributed by atoms with van der Waals surface area (Å²) >= 11 is 0. The average molecular weight is 569 g/mol. The predicted molar refractivity (Wildman–Crippen MR) is 176 cm³/mol. The number of benzene rings is 6. The molecule has 1 aliphatic heterocycles. The van der Waals surface area contributed by atoms with E-state index in [0.717, 1.165) is 50.7 Å². The Morgan fingerprint density at radius 1 is 0.523 bits per heavy atom. The molecule has 0 atom stereocenters. The van der Waals surface area contributed by atoms with Crippen LogP contribution in [0.3, 0.4) is 0 Å². The normalized spacial score (nSPS) is 13.8. The van der Waals surface area contributed by atoms with Gasteiger partial charge in [-0.2, -0.15) is 0 Å². The van der Waals surface area contributed by atoms with Crippen LogP contribution < -0.4 is 9.47 Å². The molecule has 0 bridgehead atoms. The quantitative estimate of drug-likeness (QED) is 0.213. The first kappa shape index (κ1) is 24.9. The van der Waals surface area contributed by atoms with E-state index in [-0.39, 0.29) is 5.41 Å². The lowest BCUT2D eigenvalue weighted by Crippen LogP contribution is -2.15. The third-order valence-corrected chi connectivity index (χ3v) is 9.07. The Balaban J connectivity index is 1.18. The standard InChI is InChI=1S/C40H28N2O2/c1-40(2)31-18-10-9-16-29(31)30-23-36-37(24-32(30)40)43-34-21-20-26(22-35(34)44-36)28-17-11-19-33-38(28)42(27-14-7-4-8-15-27)39(41-33)25-12-5-3-6-13-25/h3-24H,1-2H3. The van der Waals surface area contributed by atoms with Crippen LogP contribution in [0.25, 0.3) is 50.4 Å². The van der Waals surface area contributed by atoms with Gasteiger partial charge in [-0.3, -0.25) is 4.57 Å². The zero-order chi connectivity index (χ0) is 29.4. The summed E-state index contributed by atoms with van der Waals surface area (Å²) in [4.78, 5) is 5.13. The Bertz CT molecular complexity index is 2250. The van der Waals surface area contributed by atoms with Gasteiger partial charge >= 0.3 is 0 Å². The van der Waals surface area contributed by atoms with Gasteiger partial charge in [0, 0.05) is 22.2 Å². The van der Waals surface area contributed by atoms with E-state index in [4.69, 9.17) is 14.5 Å². The van der Waals surface area contributed by atoms with Crippen molar-refractivity contribution < 1.29 is 9.47 Å². The molecule has 1 aromatic heterocycles. The first-order valence-electron chi connectivity index (χ1n) is 15.0. The summed E-state index contributed by atoms with van der Waals surface area (Å²) < 4.78 is 15.3. The molecule has 0 radical (unpaired) electrons. The monoisotopic (exact) mass is 568 g/mol. The van der Waals surface area contributed by atoms with Crippen LogP contribution in [0.15, 0.2) is 133 Å². The van der Waals surface area contributed by atoms with Crippen LogP contribution in [-0.4, -0.2) is 9.55 Å². The highest BCUT2D eigenvalue weighted by atomic mass is 16.6. The van der Waals surface area contributed by atoms with Crippen LogP contribution in [-0.2, 0) is 5.41 Å². The molecule has 0 saturated carbocycles. The van der Waals surface area contributed by atoms with Gasteiger partial charge in [0.2, 0.25) is 0 Å². The first-order chi connectivity index (χ1) is 21.6. The lowest BCUT2D eigenvalue weighted by Gasteiger charge is -2.25. The van der Waals surface area contributed by atoms with E-state index in [1.54, 1.807) is 0 Å². The summed E-state index contributed by atoms with van der Waals surface area (Å²) in [5, 5.41) is 0. The molecule has 0 amide bonds. The number of aromatic nitrogens is 2. The van der Waals surface area contributed by atoms with Crippen molar-refractivity contribution in [2.75, 3.05) is 0 Å². The molecule has 44 heavy (non-hydrogen) atoms. The molecule has 2 heterocycles. The van der Waals surface area contributed by atoms with Crippen molar-refractivity contribution in [2.24, 2.45) is 0 Å². The van der Waals surface area contributed by atoms with E-state index in [2.05, 4.69) is 134 Å². The highest BCUT2D eigenvalue weighted by molar-refractivity contribution is 5.96. The number of imidazole rings is 1. The molecule has 7 aromatic rings. The number of hydrogen-bond donors (Lipinski definition) is 0. The molecule has 0 saturated heterocycles. The van der Waals surface area contributed by atoms with Gasteiger partial charge in [-0.05, 0) is 70.3 Å². The fourth-order valence-corrected chi connectivity index (χ4v) is 6.91. The Labute approximate surface area is 255 Å². The average Bonchev–Trinajstić information content (AvgIpc) is 3.56. The van der Waals surface area contributed by atoms with Crippen molar-refractivity contribution in [2.45, 2.75) is 19.3 Å². The van der Waals surface area contributed by atoms with Crippen molar-refractivity contribution in [3.63, 3.8) is 0 Å². The molecule has 6 aromatic carbocycles. The van der Waals surface area contributed by atoms with Gasteiger partial charge in [-0.25, -0.2) is 4.98 Å². The molecule has 210 valence electrons. The topological polar surface area (TPSA) is 36.3 Å². The molecule has 0 fully saturated rings. The first-order valence-corrected chi connectivity index (χ1v) is 15.0. The second-order valence-corrected chi connectivity index (χ2v) is 12.0. The number of fused-ring (bicyclic) bond motifs is 6. The summed E-state index contributed by atoms with van der Waals surface area (Å²) in [6.45, 7) is 4.55. The van der Waals surface area contributed by atoms with Gasteiger partial charge < -0.3 is 9.47 Å². The van der Waals surface area contributed by atoms with E-state index in [9.17, 15) is 0 Å². The predicted octanol–water partition coefficient (Wildman–Crippen LogP) is 10.6. The molecule has 4 nitrogen and oxygen atoms in total. The second kappa shape index (κ2) is 9.19. The van der Waals surface area contributed by atoms with Crippen LogP contribution in [0.4, 0.5) is 0 Å². The van der Waals surface area contributed by atoms with E-state index in [1.807, 2.05) is 18.2 Å². The fraction of sp³-hybridized carbons (Fsp3) is 0.0750. The van der Waals surface area contributed by atoms with Crippen LogP contribution >= 0.6 is 0 Å². The van der Waals surface area contributed by atoms with Crippen LogP contribution in [0.2, 0.25) is 0 Å². The van der Waals surface area contributed by atoms with Crippen molar-refractivity contribution in [1.29, 1.82) is 0 Å². The maximum atomic E-state index is 6.60. The lowest BCUT2D eigenvalue weighted by atomic mass is 9.82. The summed E-state index contributed by atoms with van der Waals surface area (Å²) in [5.74, 6) is 3.80. The molecule has 2 aliphatic rings. The van der Waals surface area contributed by atoms with Crippen molar-refractivity contribution in [1.82, 2.24) is 9.55 Å². The molecule has 0 N–H and O–H groups in total. The number of rotatable bonds is 3. The summed E-state index contributed by atoms with van der Waals surface area (Å²) in [6, 6.07) is 46.3. The smallest absolute Gasteiger partial charge is 0.170 e. The van der Waals surface area contributed by atoms with Crippen molar-refractivity contribution in [3.05, 3.63) is 145 Å². The SMILES string of the molecule is CC1(C)c2ccccc2-c2cc3c(cc21)Oc1ccc(-c2cccc4nc(-c5ccccc5)n(-c5ccccc5)c24)cc1O3. The molecular weight excluding hydrogens is 540 g/mol. The van der Waals surface area contributed by atoms with Gasteiger partial charge in [-0.15, -0.1) is 0 Å². The Kier molecular flexibility index (Phi) is 5.21. The van der Waals surface area contributed by atoms with Gasteiger partial charge in [0.25, 0.3) is 0 Å². The molecule has 1 aliphatic carbocycles. The minimum Gasteiger partial charge on any atom is -0.450 e. The number of nitrogens with zero attached hydrogens (tertiary/aromatic N) is 2. The fourth-order valence-electron chi connectivity index (χ4n) is 6.91. The number of ether oxygens (including phenoxy) is 2. The minimum atomic E-state index is -0.104. The zero-order valence-electron chi connectivity index (χ0n) is 24.4. The third kappa shape index (κ3) is 3.61. The molecule has 0 spiro atoms. The maximum absolute atomic E-state index is 6.60. The van der Waals surface area contributed by atoms with Crippen LogP contribution in [0.5, 0.6) is 23.0 Å². The van der Waals surface area contributed by atoms with E-state index < -0.39 is 0 Å². The largest absolute Gasteiger partial charge is 0.450 e. The highest BCUT2D eigenvalue weighted by Crippen LogP contribution is 2.55. The third-order valence-electron chi connectivity index (χ3n) is 9.07. The van der Waals surface area contributed by atoms with Crippen LogP contribution in [0.1, 0.15) is 25.0 Å². The van der Waals surface area contributed by atoms with E-state index in [0.29, 0.717) is 11.5 Å². The molecule has 0 unspecified atom stereocenters. The summed E-state index contributed by atoms with van der Waals surface area (Å²) in [7, 11) is 0. The molecule has 4 heteroatoms. The number of para-hydroxylation sites is 2. The summed E-state index contributed by atoms with van der Waals surface area (Å²) in [6.07, 6.45) is 0. The Hall–Kier alpha value is -5.61. The zero-order valence-corrected chi connectivity index (χ0v) is 24.4. The van der Waals surface area contributed by atoms with E-state index >= 15 is 0 Å². The second-order valence-electron chi connectivity index (χ2n) is 12.0. The molecular formula is C40H28N2O2. The van der Waals surface area contributed by atoms with Crippen LogP contribution in [0, 0.1) is 0 Å². The van der Waals surface area contributed by atoms with Gasteiger partial charge in [0.1, 0.15) is 5.82 Å². The Morgan fingerprint density at radius 2 is 1.20 bits per heavy atom. The van der Waals surface area contributed by atoms with E-state index in [1.165, 1.54) is 22.3 Å². The van der Waals surface area contributed by atoms with Gasteiger partial charge in [0.15, 0.2) is 23.0 Å². The van der Waals surface area contributed by atoms with Gasteiger partial charge in [-0.1, -0.05) is 105 Å². The number of hydrogen-bond acceptors (Lipinski definition) is 3. The minimum absolute atomic E-state index is 0.104. The lowest BCUT2D eigenvalue weighted by molar-refractivity contribution is 0.359.